The van der Waals surface area contributed by atoms with Gasteiger partial charge in [0.25, 0.3) is 0 Å². The van der Waals surface area contributed by atoms with Crippen LogP contribution in [-0.4, -0.2) is 47.4 Å². The number of alkyl halides is 3. The van der Waals surface area contributed by atoms with Crippen molar-refractivity contribution in [3.63, 3.8) is 0 Å². The minimum atomic E-state index is -4.65. The fraction of sp³-hybridized carbons (Fsp3) is 0.350. The standard InChI is InChI=1S/C20H20F3N5O3/c1-30-19(29)27-15-6-2-5-12-13(8-24-17(12)15)16-14(20(21,22)23)9-25-18(28-16)26-11-4-3-7-31-10-11/h2,5-6,8-9,11,24H,3-4,7,10H2,1H3,(H,27,29)(H,25,26,28)/t11-/m0/s1. The van der Waals surface area contributed by atoms with E-state index in [1.54, 1.807) is 18.2 Å². The van der Waals surface area contributed by atoms with Gasteiger partial charge in [0.05, 0.1) is 36.7 Å². The van der Waals surface area contributed by atoms with E-state index in [0.717, 1.165) is 19.0 Å². The number of hydrogen-bond donors (Lipinski definition) is 3. The minimum absolute atomic E-state index is 0.0721. The van der Waals surface area contributed by atoms with Crippen molar-refractivity contribution in [2.45, 2.75) is 25.1 Å². The number of methoxy groups -OCH3 is 1. The maximum atomic E-state index is 13.7. The zero-order chi connectivity index (χ0) is 22.0. The molecule has 0 spiro atoms. The van der Waals surface area contributed by atoms with Gasteiger partial charge in [0.2, 0.25) is 5.95 Å². The van der Waals surface area contributed by atoms with Crippen LogP contribution in [0.15, 0.2) is 30.6 Å². The summed E-state index contributed by atoms with van der Waals surface area (Å²) in [5.41, 5.74) is -0.157. The molecule has 11 heteroatoms. The summed E-state index contributed by atoms with van der Waals surface area (Å²) in [6.07, 6.45) is -1.46. The van der Waals surface area contributed by atoms with Crippen LogP contribution in [0.1, 0.15) is 18.4 Å². The maximum absolute atomic E-state index is 13.7. The summed E-state index contributed by atoms with van der Waals surface area (Å²) >= 11 is 0. The van der Waals surface area contributed by atoms with Gasteiger partial charge >= 0.3 is 12.3 Å². The number of halogens is 3. The molecule has 0 radical (unpaired) electrons. The predicted octanol–water partition coefficient (Wildman–Crippen LogP) is 4.41. The molecule has 1 atom stereocenters. The molecule has 0 saturated carbocycles. The average Bonchev–Trinajstić information content (AvgIpc) is 3.18. The van der Waals surface area contributed by atoms with Crippen molar-refractivity contribution in [2.75, 3.05) is 31.0 Å². The third kappa shape index (κ3) is 4.41. The van der Waals surface area contributed by atoms with Gasteiger partial charge in [0.1, 0.15) is 5.56 Å². The molecule has 0 aliphatic carbocycles. The van der Waals surface area contributed by atoms with E-state index in [1.165, 1.54) is 13.3 Å². The van der Waals surface area contributed by atoms with Crippen LogP contribution >= 0.6 is 0 Å². The number of amides is 1. The number of nitrogens with one attached hydrogen (secondary N) is 3. The molecule has 3 heterocycles. The number of benzene rings is 1. The first-order valence-electron chi connectivity index (χ1n) is 9.61. The van der Waals surface area contributed by atoms with Gasteiger partial charge in [-0.15, -0.1) is 0 Å². The lowest BCUT2D eigenvalue weighted by atomic mass is 10.1. The Kier molecular flexibility index (Phi) is 5.68. The van der Waals surface area contributed by atoms with Crippen molar-refractivity contribution in [1.82, 2.24) is 15.0 Å². The molecule has 1 fully saturated rings. The van der Waals surface area contributed by atoms with E-state index in [0.29, 0.717) is 29.8 Å². The van der Waals surface area contributed by atoms with E-state index in [9.17, 15) is 18.0 Å². The van der Waals surface area contributed by atoms with Crippen molar-refractivity contribution in [3.8, 4) is 11.3 Å². The van der Waals surface area contributed by atoms with Crippen LogP contribution in [-0.2, 0) is 15.7 Å². The number of fused-ring (bicyclic) bond motifs is 1. The van der Waals surface area contributed by atoms with Crippen molar-refractivity contribution >= 4 is 28.6 Å². The van der Waals surface area contributed by atoms with Crippen molar-refractivity contribution in [3.05, 3.63) is 36.2 Å². The Labute approximate surface area is 175 Å². The smallest absolute Gasteiger partial charge is 0.419 e. The number of anilines is 2. The monoisotopic (exact) mass is 435 g/mol. The molecule has 3 N–H and O–H groups in total. The highest BCUT2D eigenvalue weighted by atomic mass is 19.4. The third-order valence-electron chi connectivity index (χ3n) is 4.98. The van der Waals surface area contributed by atoms with Gasteiger partial charge in [-0.3, -0.25) is 5.32 Å². The number of carbonyl (C=O) groups is 1. The molecule has 1 aromatic carbocycles. The van der Waals surface area contributed by atoms with Gasteiger partial charge in [-0.2, -0.15) is 13.2 Å². The van der Waals surface area contributed by atoms with E-state index in [1.807, 2.05) is 0 Å². The van der Waals surface area contributed by atoms with Crippen LogP contribution in [0.3, 0.4) is 0 Å². The topological polar surface area (TPSA) is 101 Å². The SMILES string of the molecule is COC(=O)Nc1cccc2c(-c3nc(N[C@H]4CCCOC4)ncc3C(F)(F)F)c[nH]c12. The van der Waals surface area contributed by atoms with Crippen LogP contribution < -0.4 is 10.6 Å². The Balaban J connectivity index is 1.78. The van der Waals surface area contributed by atoms with Gasteiger partial charge in [-0.1, -0.05) is 12.1 Å². The normalized spacial score (nSPS) is 16.8. The molecule has 0 unspecified atom stereocenters. The van der Waals surface area contributed by atoms with Gasteiger partial charge in [-0.25, -0.2) is 14.8 Å². The number of nitrogens with zero attached hydrogens (tertiary/aromatic N) is 2. The molecule has 3 aromatic rings. The van der Waals surface area contributed by atoms with Crippen LogP contribution in [0.2, 0.25) is 0 Å². The zero-order valence-electron chi connectivity index (χ0n) is 16.5. The minimum Gasteiger partial charge on any atom is -0.453 e. The maximum Gasteiger partial charge on any atom is 0.419 e. The number of carbonyl (C=O) groups excluding carboxylic acids is 1. The van der Waals surface area contributed by atoms with E-state index >= 15 is 0 Å². The fourth-order valence-corrected chi connectivity index (χ4v) is 3.52. The van der Waals surface area contributed by atoms with E-state index in [4.69, 9.17) is 4.74 Å². The summed E-state index contributed by atoms with van der Waals surface area (Å²) in [7, 11) is 1.22. The van der Waals surface area contributed by atoms with Crippen LogP contribution in [0.25, 0.3) is 22.2 Å². The van der Waals surface area contributed by atoms with Crippen LogP contribution in [0, 0.1) is 0 Å². The second-order valence-corrected chi connectivity index (χ2v) is 7.06. The Morgan fingerprint density at radius 1 is 1.35 bits per heavy atom. The molecule has 1 aliphatic heterocycles. The number of H-pyrrole nitrogens is 1. The highest BCUT2D eigenvalue weighted by Gasteiger charge is 2.36. The van der Waals surface area contributed by atoms with Gasteiger partial charge in [0.15, 0.2) is 0 Å². The Morgan fingerprint density at radius 2 is 2.19 bits per heavy atom. The first kappa shape index (κ1) is 20.9. The molecule has 1 amide bonds. The molecular formula is C20H20F3N5O3. The van der Waals surface area contributed by atoms with Gasteiger partial charge in [-0.05, 0) is 18.9 Å². The van der Waals surface area contributed by atoms with E-state index in [-0.39, 0.29) is 23.2 Å². The largest absolute Gasteiger partial charge is 0.453 e. The molecule has 4 rings (SSSR count). The van der Waals surface area contributed by atoms with Crippen molar-refractivity contribution in [2.24, 2.45) is 0 Å². The highest BCUT2D eigenvalue weighted by Crippen LogP contribution is 2.39. The van der Waals surface area contributed by atoms with E-state index < -0.39 is 17.8 Å². The zero-order valence-corrected chi connectivity index (χ0v) is 16.5. The van der Waals surface area contributed by atoms with Gasteiger partial charge < -0.3 is 19.8 Å². The van der Waals surface area contributed by atoms with Crippen LogP contribution in [0.4, 0.5) is 29.6 Å². The summed E-state index contributed by atoms with van der Waals surface area (Å²) in [6.45, 7) is 1.10. The lowest BCUT2D eigenvalue weighted by molar-refractivity contribution is -0.137. The molecule has 164 valence electrons. The number of aromatic nitrogens is 3. The Bertz CT molecular complexity index is 1090. The van der Waals surface area contributed by atoms with Crippen LogP contribution in [0.5, 0.6) is 0 Å². The number of rotatable bonds is 4. The highest BCUT2D eigenvalue weighted by molar-refractivity contribution is 6.04. The van der Waals surface area contributed by atoms with Gasteiger partial charge in [0, 0.05) is 30.0 Å². The Morgan fingerprint density at radius 3 is 2.90 bits per heavy atom. The first-order chi connectivity index (χ1) is 14.9. The number of aromatic amines is 1. The molecule has 0 bridgehead atoms. The molecular weight excluding hydrogens is 415 g/mol. The predicted molar refractivity (Wildman–Crippen MR) is 108 cm³/mol. The molecule has 8 nitrogen and oxygen atoms in total. The summed E-state index contributed by atoms with van der Waals surface area (Å²) in [5, 5.41) is 6.06. The summed E-state index contributed by atoms with van der Waals surface area (Å²) in [6, 6.07) is 4.81. The number of para-hydroxylation sites is 1. The van der Waals surface area contributed by atoms with Crippen molar-refractivity contribution in [1.29, 1.82) is 0 Å². The third-order valence-corrected chi connectivity index (χ3v) is 4.98. The molecule has 2 aromatic heterocycles. The summed E-state index contributed by atoms with van der Waals surface area (Å²) < 4.78 is 51.2. The molecule has 1 aliphatic rings. The van der Waals surface area contributed by atoms with E-state index in [2.05, 4.69) is 30.3 Å². The lowest BCUT2D eigenvalue weighted by Gasteiger charge is -2.23. The first-order valence-corrected chi connectivity index (χ1v) is 9.61. The summed E-state index contributed by atoms with van der Waals surface area (Å²) in [5.74, 6) is 0.0942. The Hall–Kier alpha value is -3.34. The number of hydrogen-bond acceptors (Lipinski definition) is 6. The average molecular weight is 435 g/mol. The molecule has 1 saturated heterocycles. The van der Waals surface area contributed by atoms with Crippen molar-refractivity contribution < 1.29 is 27.4 Å². The number of ether oxygens (including phenoxy) is 2. The second kappa shape index (κ2) is 8.42. The quantitative estimate of drug-likeness (QED) is 0.561. The second-order valence-electron chi connectivity index (χ2n) is 7.06. The molecule has 31 heavy (non-hydrogen) atoms. The lowest BCUT2D eigenvalue weighted by Crippen LogP contribution is -2.31. The fourth-order valence-electron chi connectivity index (χ4n) is 3.52. The summed E-state index contributed by atoms with van der Waals surface area (Å²) in [4.78, 5) is 22.6.